The maximum atomic E-state index is 4.34. The lowest BCUT2D eigenvalue weighted by Crippen LogP contribution is -2.29. The molecule has 2 nitrogen and oxygen atoms in total. The van der Waals surface area contributed by atoms with Crippen molar-refractivity contribution in [1.82, 2.24) is 4.98 Å². The molecule has 0 bridgehead atoms. The zero-order valence-electron chi connectivity index (χ0n) is 8.40. The number of rotatable bonds is 0. The van der Waals surface area contributed by atoms with Gasteiger partial charge in [0.25, 0.3) is 0 Å². The summed E-state index contributed by atoms with van der Waals surface area (Å²) in [5, 5.41) is 1.19. The van der Waals surface area contributed by atoms with Gasteiger partial charge in [0.2, 0.25) is 0 Å². The molecule has 2 heterocycles. The zero-order chi connectivity index (χ0) is 9.80. The van der Waals surface area contributed by atoms with Gasteiger partial charge in [-0.25, -0.2) is 9.98 Å². The molecule has 0 saturated carbocycles. The lowest BCUT2D eigenvalue weighted by molar-refractivity contribution is 0.872. The summed E-state index contributed by atoms with van der Waals surface area (Å²) >= 11 is 0. The molecule has 0 amide bonds. The highest BCUT2D eigenvalue weighted by atomic mass is 14.8. The zero-order valence-corrected chi connectivity index (χ0v) is 8.40. The molecule has 14 heavy (non-hydrogen) atoms. The van der Waals surface area contributed by atoms with Gasteiger partial charge in [0.05, 0.1) is 0 Å². The molecule has 2 rings (SSSR count). The van der Waals surface area contributed by atoms with Gasteiger partial charge in [-0.15, -0.1) is 0 Å². The number of pyridine rings is 1. The fraction of sp³-hybridized carbons (Fsp3) is 0.333. The van der Waals surface area contributed by atoms with Crippen molar-refractivity contribution in [1.29, 1.82) is 0 Å². The highest BCUT2D eigenvalue weighted by Gasteiger charge is 1.96. The molecule has 1 aromatic heterocycles. The minimum atomic E-state index is 0.850. The van der Waals surface area contributed by atoms with Gasteiger partial charge >= 0.3 is 0 Å². The Kier molecular flexibility index (Phi) is 2.73. The van der Waals surface area contributed by atoms with Crippen LogP contribution >= 0.6 is 0 Å². The minimum Gasteiger partial charge on any atom is -0.237 e. The summed E-state index contributed by atoms with van der Waals surface area (Å²) in [7, 11) is 0. The van der Waals surface area contributed by atoms with E-state index < -0.39 is 0 Å². The van der Waals surface area contributed by atoms with Gasteiger partial charge < -0.3 is 0 Å². The Balaban J connectivity index is 2.71. The van der Waals surface area contributed by atoms with Crippen LogP contribution in [0.2, 0.25) is 0 Å². The van der Waals surface area contributed by atoms with Crippen LogP contribution in [0.3, 0.4) is 0 Å². The highest BCUT2D eigenvalue weighted by molar-refractivity contribution is 5.40. The minimum absolute atomic E-state index is 0.850. The smallest absolute Gasteiger partial charge is 0.159 e. The predicted molar refractivity (Wildman–Crippen MR) is 57.1 cm³/mol. The monoisotopic (exact) mass is 186 g/mol. The summed E-state index contributed by atoms with van der Waals surface area (Å²) in [6.45, 7) is 2.17. The molecule has 0 aromatic carbocycles. The fourth-order valence-electron chi connectivity index (χ4n) is 1.65. The average molecular weight is 186 g/mol. The van der Waals surface area contributed by atoms with Crippen molar-refractivity contribution in [2.24, 2.45) is 4.99 Å². The van der Waals surface area contributed by atoms with Crippen molar-refractivity contribution in [3.8, 4) is 0 Å². The second-order valence-corrected chi connectivity index (χ2v) is 3.56. The van der Waals surface area contributed by atoms with Gasteiger partial charge in [-0.05, 0) is 38.3 Å². The van der Waals surface area contributed by atoms with Gasteiger partial charge in [-0.2, -0.15) is 0 Å². The normalized spacial score (nSPS) is 24.8. The maximum absolute atomic E-state index is 4.34. The van der Waals surface area contributed by atoms with Gasteiger partial charge in [0.1, 0.15) is 0 Å². The van der Waals surface area contributed by atoms with Crippen LogP contribution in [0.4, 0.5) is 0 Å². The molecule has 0 saturated heterocycles. The summed E-state index contributed by atoms with van der Waals surface area (Å²) in [5.74, 6) is 0. The molecule has 72 valence electrons. The summed E-state index contributed by atoms with van der Waals surface area (Å²) in [6.07, 6.45) is 9.21. The topological polar surface area (TPSA) is 25.2 Å². The van der Waals surface area contributed by atoms with Gasteiger partial charge in [0.15, 0.2) is 5.49 Å². The quantitative estimate of drug-likeness (QED) is 0.603. The lowest BCUT2D eigenvalue weighted by Gasteiger charge is -1.97. The molecule has 1 aromatic rings. The Labute approximate surface area is 83.7 Å². The third-order valence-electron chi connectivity index (χ3n) is 2.47. The largest absolute Gasteiger partial charge is 0.237 e. The van der Waals surface area contributed by atoms with Crippen molar-refractivity contribution in [3.63, 3.8) is 0 Å². The van der Waals surface area contributed by atoms with Crippen molar-refractivity contribution >= 4 is 5.57 Å². The first-order valence-electron chi connectivity index (χ1n) is 5.01. The van der Waals surface area contributed by atoms with Crippen molar-refractivity contribution in [3.05, 3.63) is 41.3 Å². The Morgan fingerprint density at radius 3 is 3.21 bits per heavy atom. The van der Waals surface area contributed by atoms with E-state index in [9.17, 15) is 0 Å². The van der Waals surface area contributed by atoms with E-state index in [0.29, 0.717) is 0 Å². The van der Waals surface area contributed by atoms with Crippen LogP contribution in [-0.4, -0.2) is 4.98 Å². The number of allylic oxidation sites excluding steroid dienone is 1. The van der Waals surface area contributed by atoms with E-state index in [1.165, 1.54) is 17.2 Å². The molecule has 0 unspecified atom stereocenters. The summed E-state index contributed by atoms with van der Waals surface area (Å²) in [6, 6.07) is 4.07. The van der Waals surface area contributed by atoms with Crippen molar-refractivity contribution in [2.75, 3.05) is 0 Å². The van der Waals surface area contributed by atoms with Crippen LogP contribution in [0, 0.1) is 0 Å². The molecule has 0 atom stereocenters. The van der Waals surface area contributed by atoms with E-state index in [2.05, 4.69) is 29.0 Å². The van der Waals surface area contributed by atoms with Crippen molar-refractivity contribution in [2.45, 2.75) is 26.2 Å². The van der Waals surface area contributed by atoms with Crippen LogP contribution in [0.1, 0.15) is 26.2 Å². The molecule has 0 radical (unpaired) electrons. The van der Waals surface area contributed by atoms with E-state index in [0.717, 1.165) is 18.3 Å². The van der Waals surface area contributed by atoms with E-state index in [4.69, 9.17) is 0 Å². The molecule has 0 aliphatic carbocycles. The molecule has 0 spiro atoms. The second kappa shape index (κ2) is 4.18. The van der Waals surface area contributed by atoms with Gasteiger partial charge in [-0.3, -0.25) is 0 Å². The Bertz CT molecular complexity index is 457. The Morgan fingerprint density at radius 2 is 2.29 bits per heavy atom. The first-order valence-corrected chi connectivity index (χ1v) is 5.01. The third-order valence-corrected chi connectivity index (χ3v) is 2.47. The van der Waals surface area contributed by atoms with Crippen LogP contribution in [0.25, 0.3) is 5.57 Å². The predicted octanol–water partition coefficient (Wildman–Crippen LogP) is 1.57. The van der Waals surface area contributed by atoms with Crippen molar-refractivity contribution < 1.29 is 0 Å². The van der Waals surface area contributed by atoms with Crippen LogP contribution in [0.5, 0.6) is 0 Å². The number of nitrogens with zero attached hydrogens (tertiary/aromatic N) is 2. The number of hydrogen-bond acceptors (Lipinski definition) is 2. The molecule has 0 fully saturated rings. The lowest BCUT2D eigenvalue weighted by atomic mass is 10.1. The van der Waals surface area contributed by atoms with Gasteiger partial charge in [0, 0.05) is 17.6 Å². The number of fused-ring (bicyclic) bond motifs is 1. The Hall–Kier alpha value is -1.44. The summed E-state index contributed by atoms with van der Waals surface area (Å²) in [4.78, 5) is 8.62. The molecule has 2 heteroatoms. The van der Waals surface area contributed by atoms with E-state index in [1.807, 2.05) is 12.3 Å². The maximum Gasteiger partial charge on any atom is 0.159 e. The standard InChI is InChI=1S/C12H14N2/c1-10-6-3-2-4-8-13-12-11(10)7-5-9-14-12/h4-5,7-9H,2-3,6H2,1H3/b8-4-,11-10-,13-12+. The van der Waals surface area contributed by atoms with E-state index in [1.54, 1.807) is 6.20 Å². The van der Waals surface area contributed by atoms with Crippen LogP contribution < -0.4 is 10.7 Å². The van der Waals surface area contributed by atoms with Gasteiger partial charge in [-0.1, -0.05) is 11.6 Å². The van der Waals surface area contributed by atoms with E-state index in [-0.39, 0.29) is 0 Å². The number of hydrogen-bond donors (Lipinski definition) is 0. The average Bonchev–Trinajstić information content (AvgIpc) is 2.30. The molecule has 1 aliphatic heterocycles. The number of aromatic nitrogens is 1. The first-order chi connectivity index (χ1) is 6.88. The van der Waals surface area contributed by atoms with E-state index >= 15 is 0 Å². The second-order valence-electron chi connectivity index (χ2n) is 3.56. The fourth-order valence-corrected chi connectivity index (χ4v) is 1.65. The molecular formula is C12H14N2. The van der Waals surface area contributed by atoms with Crippen LogP contribution in [0.15, 0.2) is 35.6 Å². The summed E-state index contributed by atoms with van der Waals surface area (Å²) < 4.78 is 0. The van der Waals surface area contributed by atoms with Crippen LogP contribution in [-0.2, 0) is 0 Å². The highest BCUT2D eigenvalue weighted by Crippen LogP contribution is 2.06. The SMILES string of the molecule is C\C1=c2/cccn/c2=N/C=C\CCC1. The molecule has 1 aliphatic rings. The molecular weight excluding hydrogens is 172 g/mol. The molecule has 0 N–H and O–H groups in total. The third kappa shape index (κ3) is 1.90. The Morgan fingerprint density at radius 1 is 1.36 bits per heavy atom. The first kappa shape index (κ1) is 9.13. The summed E-state index contributed by atoms with van der Waals surface area (Å²) in [5.41, 5.74) is 2.24.